The Morgan fingerprint density at radius 1 is 1.29 bits per heavy atom. The first-order chi connectivity index (χ1) is 10.1. The zero-order chi connectivity index (χ0) is 15.4. The van der Waals surface area contributed by atoms with E-state index in [-0.39, 0.29) is 0 Å². The summed E-state index contributed by atoms with van der Waals surface area (Å²) in [5.74, 6) is 1.38. The number of hydrogen-bond donors (Lipinski definition) is 1. The molecule has 3 heteroatoms. The summed E-state index contributed by atoms with van der Waals surface area (Å²) in [7, 11) is 2.23. The van der Waals surface area contributed by atoms with E-state index in [0.29, 0.717) is 25.1 Å². The van der Waals surface area contributed by atoms with Crippen LogP contribution in [-0.4, -0.2) is 37.7 Å². The summed E-state index contributed by atoms with van der Waals surface area (Å²) in [6.07, 6.45) is 3.84. The fourth-order valence-electron chi connectivity index (χ4n) is 3.48. The minimum absolute atomic E-state index is 0.358. The maximum atomic E-state index is 6.17. The van der Waals surface area contributed by atoms with Crippen molar-refractivity contribution in [3.8, 4) is 5.75 Å². The smallest absolute Gasteiger partial charge is 0.123 e. The molecule has 1 fully saturated rings. The van der Waals surface area contributed by atoms with Gasteiger partial charge in [0.05, 0.1) is 6.61 Å². The van der Waals surface area contributed by atoms with E-state index in [4.69, 9.17) is 10.5 Å². The van der Waals surface area contributed by atoms with Crippen LogP contribution in [0.1, 0.15) is 48.8 Å². The Labute approximate surface area is 129 Å². The van der Waals surface area contributed by atoms with E-state index in [1.165, 1.54) is 42.5 Å². The van der Waals surface area contributed by atoms with Crippen molar-refractivity contribution in [1.82, 2.24) is 4.90 Å². The number of likely N-dealkylation sites (N-methyl/N-ethyl adjacent to an activating group) is 1. The third-order valence-corrected chi connectivity index (χ3v) is 4.87. The van der Waals surface area contributed by atoms with Crippen LogP contribution in [-0.2, 0) is 0 Å². The molecule has 2 N–H and O–H groups in total. The van der Waals surface area contributed by atoms with Crippen LogP contribution in [0.5, 0.6) is 5.75 Å². The maximum absolute atomic E-state index is 6.17. The van der Waals surface area contributed by atoms with Crippen LogP contribution in [0, 0.1) is 13.8 Å². The number of benzene rings is 1. The Hall–Kier alpha value is -1.06. The summed E-state index contributed by atoms with van der Waals surface area (Å²) in [5.41, 5.74) is 10.1. The highest BCUT2D eigenvalue weighted by molar-refractivity contribution is 5.44. The highest BCUT2D eigenvalue weighted by Crippen LogP contribution is 2.35. The standard InChI is InChI=1S/C18H30N2O/c1-5-21-18-11-14(3)13(2)10-15(18)16(12-19)17-8-6-7-9-20(17)4/h10-11,16-17H,5-9,12,19H2,1-4H3. The Morgan fingerprint density at radius 2 is 2.00 bits per heavy atom. The molecule has 0 radical (unpaired) electrons. The van der Waals surface area contributed by atoms with E-state index in [0.717, 1.165) is 5.75 Å². The number of piperidine rings is 1. The van der Waals surface area contributed by atoms with Crippen molar-refractivity contribution in [2.24, 2.45) is 5.73 Å². The average Bonchev–Trinajstić information content (AvgIpc) is 2.47. The second kappa shape index (κ2) is 7.28. The van der Waals surface area contributed by atoms with Crippen molar-refractivity contribution in [3.05, 3.63) is 28.8 Å². The summed E-state index contributed by atoms with van der Waals surface area (Å²) in [5, 5.41) is 0. The molecule has 0 saturated carbocycles. The van der Waals surface area contributed by atoms with Crippen molar-refractivity contribution in [2.45, 2.75) is 52.0 Å². The Morgan fingerprint density at radius 3 is 2.62 bits per heavy atom. The Kier molecular flexibility index (Phi) is 5.65. The lowest BCUT2D eigenvalue weighted by molar-refractivity contribution is 0.158. The van der Waals surface area contributed by atoms with E-state index in [2.05, 4.69) is 37.9 Å². The molecular formula is C18H30N2O. The monoisotopic (exact) mass is 290 g/mol. The molecule has 1 aromatic rings. The van der Waals surface area contributed by atoms with E-state index < -0.39 is 0 Å². The van der Waals surface area contributed by atoms with Gasteiger partial charge >= 0.3 is 0 Å². The number of rotatable bonds is 5. The van der Waals surface area contributed by atoms with Gasteiger partial charge in [0.2, 0.25) is 0 Å². The SMILES string of the molecule is CCOc1cc(C)c(C)cc1C(CN)C1CCCCN1C. The molecule has 1 aliphatic rings. The van der Waals surface area contributed by atoms with Gasteiger partial charge in [-0.1, -0.05) is 12.5 Å². The highest BCUT2D eigenvalue weighted by atomic mass is 16.5. The van der Waals surface area contributed by atoms with Crippen LogP contribution in [0.3, 0.4) is 0 Å². The number of likely N-dealkylation sites (tertiary alicyclic amines) is 1. The molecule has 1 saturated heterocycles. The molecule has 1 aromatic carbocycles. The predicted octanol–water partition coefficient (Wildman–Crippen LogP) is 3.23. The van der Waals surface area contributed by atoms with E-state index in [1.807, 2.05) is 6.92 Å². The van der Waals surface area contributed by atoms with Crippen molar-refractivity contribution in [3.63, 3.8) is 0 Å². The van der Waals surface area contributed by atoms with Gasteiger partial charge in [0.1, 0.15) is 5.75 Å². The normalized spacial score (nSPS) is 21.3. The first-order valence-corrected chi connectivity index (χ1v) is 8.22. The van der Waals surface area contributed by atoms with Crippen molar-refractivity contribution in [2.75, 3.05) is 26.7 Å². The second-order valence-electron chi connectivity index (χ2n) is 6.29. The van der Waals surface area contributed by atoms with Crippen LogP contribution in [0.25, 0.3) is 0 Å². The van der Waals surface area contributed by atoms with Gasteiger partial charge in [-0.2, -0.15) is 0 Å². The minimum atomic E-state index is 0.358. The summed E-state index contributed by atoms with van der Waals surface area (Å²) >= 11 is 0. The van der Waals surface area contributed by atoms with Gasteiger partial charge in [-0.25, -0.2) is 0 Å². The lowest BCUT2D eigenvalue weighted by atomic mass is 9.84. The molecule has 0 aromatic heterocycles. The van der Waals surface area contributed by atoms with Gasteiger partial charge in [-0.05, 0) is 64.4 Å². The number of nitrogens with zero attached hydrogens (tertiary/aromatic N) is 1. The van der Waals surface area contributed by atoms with Gasteiger partial charge in [-0.15, -0.1) is 0 Å². The molecule has 1 aliphatic heterocycles. The summed E-state index contributed by atoms with van der Waals surface area (Å²) in [6, 6.07) is 5.00. The molecule has 21 heavy (non-hydrogen) atoms. The minimum Gasteiger partial charge on any atom is -0.494 e. The quantitative estimate of drug-likeness (QED) is 0.905. The van der Waals surface area contributed by atoms with Gasteiger partial charge in [0.25, 0.3) is 0 Å². The summed E-state index contributed by atoms with van der Waals surface area (Å²) in [4.78, 5) is 2.48. The Bertz CT molecular complexity index is 473. The van der Waals surface area contributed by atoms with Crippen molar-refractivity contribution < 1.29 is 4.74 Å². The van der Waals surface area contributed by atoms with Crippen LogP contribution in [0.4, 0.5) is 0 Å². The zero-order valence-corrected chi connectivity index (χ0v) is 14.0. The van der Waals surface area contributed by atoms with Gasteiger partial charge in [-0.3, -0.25) is 0 Å². The number of hydrogen-bond acceptors (Lipinski definition) is 3. The molecule has 2 rings (SSSR count). The largest absolute Gasteiger partial charge is 0.494 e. The zero-order valence-electron chi connectivity index (χ0n) is 14.0. The topological polar surface area (TPSA) is 38.5 Å². The van der Waals surface area contributed by atoms with Gasteiger partial charge in [0, 0.05) is 24.1 Å². The van der Waals surface area contributed by atoms with Crippen molar-refractivity contribution >= 4 is 0 Å². The number of aryl methyl sites for hydroxylation is 2. The fraction of sp³-hybridized carbons (Fsp3) is 0.667. The third kappa shape index (κ3) is 3.58. The van der Waals surface area contributed by atoms with Crippen LogP contribution in [0.15, 0.2) is 12.1 Å². The molecule has 0 spiro atoms. The third-order valence-electron chi connectivity index (χ3n) is 4.87. The summed E-state index contributed by atoms with van der Waals surface area (Å²) < 4.78 is 5.91. The lowest BCUT2D eigenvalue weighted by Crippen LogP contribution is -2.43. The molecular weight excluding hydrogens is 260 g/mol. The molecule has 2 unspecified atom stereocenters. The second-order valence-corrected chi connectivity index (χ2v) is 6.29. The lowest BCUT2D eigenvalue weighted by Gasteiger charge is -2.38. The first-order valence-electron chi connectivity index (χ1n) is 8.22. The average molecular weight is 290 g/mol. The van der Waals surface area contributed by atoms with Crippen LogP contribution in [0.2, 0.25) is 0 Å². The van der Waals surface area contributed by atoms with Crippen LogP contribution >= 0.6 is 0 Å². The van der Waals surface area contributed by atoms with E-state index in [1.54, 1.807) is 0 Å². The summed E-state index contributed by atoms with van der Waals surface area (Å²) in [6.45, 7) is 8.92. The van der Waals surface area contributed by atoms with E-state index >= 15 is 0 Å². The molecule has 0 amide bonds. The van der Waals surface area contributed by atoms with Gasteiger partial charge < -0.3 is 15.4 Å². The van der Waals surface area contributed by atoms with Gasteiger partial charge in [0.15, 0.2) is 0 Å². The number of nitrogens with two attached hydrogens (primary N) is 1. The molecule has 1 heterocycles. The van der Waals surface area contributed by atoms with E-state index in [9.17, 15) is 0 Å². The Balaban J connectivity index is 2.38. The van der Waals surface area contributed by atoms with Crippen molar-refractivity contribution in [1.29, 1.82) is 0 Å². The predicted molar refractivity (Wildman–Crippen MR) is 89.1 cm³/mol. The molecule has 118 valence electrons. The molecule has 0 bridgehead atoms. The fourth-order valence-corrected chi connectivity index (χ4v) is 3.48. The molecule has 0 aliphatic carbocycles. The highest BCUT2D eigenvalue weighted by Gasteiger charge is 2.30. The number of ether oxygens (including phenoxy) is 1. The van der Waals surface area contributed by atoms with Crippen LogP contribution < -0.4 is 10.5 Å². The first kappa shape index (κ1) is 16.3. The maximum Gasteiger partial charge on any atom is 0.123 e. The molecule has 3 nitrogen and oxygen atoms in total. The molecule has 2 atom stereocenters.